The smallest absolute Gasteiger partial charge is 0.163 e. The van der Waals surface area contributed by atoms with Crippen LogP contribution in [-0.4, -0.2) is 25.8 Å². The highest BCUT2D eigenvalue weighted by molar-refractivity contribution is 5.85. The lowest BCUT2D eigenvalue weighted by molar-refractivity contribution is 0.657. The van der Waals surface area contributed by atoms with Gasteiger partial charge in [0.05, 0.1) is 11.6 Å². The second-order valence-electron chi connectivity index (χ2n) is 3.65. The maximum atomic E-state index is 4.15. The quantitative estimate of drug-likeness (QED) is 0.723. The Balaban J connectivity index is 2.34. The van der Waals surface area contributed by atoms with Crippen molar-refractivity contribution in [3.63, 3.8) is 0 Å². The third-order valence-electron chi connectivity index (χ3n) is 2.01. The molecule has 0 radical (unpaired) electrons. The minimum atomic E-state index is 0.340. The van der Waals surface area contributed by atoms with Gasteiger partial charge in [-0.3, -0.25) is 4.68 Å². The van der Waals surface area contributed by atoms with Gasteiger partial charge in [0.1, 0.15) is 6.33 Å². The molecule has 0 saturated carbocycles. The van der Waals surface area contributed by atoms with Crippen molar-refractivity contribution >= 4 is 16.9 Å². The number of nitrogens with one attached hydrogen (secondary N) is 2. The van der Waals surface area contributed by atoms with Crippen LogP contribution in [0, 0.1) is 0 Å². The monoisotopic (exact) mass is 206 g/mol. The van der Waals surface area contributed by atoms with Crippen LogP contribution in [0.4, 0.5) is 5.82 Å². The molecule has 6 nitrogen and oxygen atoms in total. The summed E-state index contributed by atoms with van der Waals surface area (Å²) in [6, 6.07) is 0.340. The summed E-state index contributed by atoms with van der Waals surface area (Å²) in [7, 11) is 1.86. The Morgan fingerprint density at radius 3 is 2.87 bits per heavy atom. The highest BCUT2D eigenvalue weighted by Crippen LogP contribution is 2.16. The number of hydrogen-bond donors (Lipinski definition) is 2. The van der Waals surface area contributed by atoms with Crippen LogP contribution >= 0.6 is 0 Å². The van der Waals surface area contributed by atoms with Gasteiger partial charge < -0.3 is 5.43 Å². The number of hydrazine groups is 1. The first-order valence-corrected chi connectivity index (χ1v) is 4.82. The highest BCUT2D eigenvalue weighted by atomic mass is 15.4. The Labute approximate surface area is 87.7 Å². The van der Waals surface area contributed by atoms with E-state index < -0.39 is 0 Å². The van der Waals surface area contributed by atoms with Gasteiger partial charge in [-0.1, -0.05) is 0 Å². The average Bonchev–Trinajstić information content (AvgIpc) is 2.58. The Morgan fingerprint density at radius 1 is 1.33 bits per heavy atom. The predicted molar refractivity (Wildman–Crippen MR) is 58.2 cm³/mol. The summed E-state index contributed by atoms with van der Waals surface area (Å²) in [5.41, 5.74) is 6.95. The van der Waals surface area contributed by atoms with Crippen molar-refractivity contribution in [2.75, 3.05) is 5.43 Å². The van der Waals surface area contributed by atoms with Crippen LogP contribution in [0.1, 0.15) is 13.8 Å². The lowest BCUT2D eigenvalue weighted by Gasteiger charge is -2.10. The van der Waals surface area contributed by atoms with Gasteiger partial charge in [0.2, 0.25) is 0 Å². The SMILES string of the molecule is CC(C)NNc1ncnc2c1cnn2C. The van der Waals surface area contributed by atoms with Gasteiger partial charge in [-0.25, -0.2) is 15.4 Å². The molecular weight excluding hydrogens is 192 g/mol. The van der Waals surface area contributed by atoms with Crippen molar-refractivity contribution in [2.24, 2.45) is 7.05 Å². The van der Waals surface area contributed by atoms with Gasteiger partial charge in [0.25, 0.3) is 0 Å². The van der Waals surface area contributed by atoms with Crippen LogP contribution < -0.4 is 10.9 Å². The second-order valence-corrected chi connectivity index (χ2v) is 3.65. The fourth-order valence-electron chi connectivity index (χ4n) is 1.27. The van der Waals surface area contributed by atoms with E-state index in [1.54, 1.807) is 10.9 Å². The molecule has 2 rings (SSSR count). The largest absolute Gasteiger partial charge is 0.305 e. The van der Waals surface area contributed by atoms with Gasteiger partial charge in [-0.2, -0.15) is 5.10 Å². The van der Waals surface area contributed by atoms with E-state index in [0.717, 1.165) is 16.9 Å². The van der Waals surface area contributed by atoms with E-state index in [4.69, 9.17) is 0 Å². The van der Waals surface area contributed by atoms with Crippen LogP contribution in [0.5, 0.6) is 0 Å². The number of anilines is 1. The van der Waals surface area contributed by atoms with Gasteiger partial charge in [0.15, 0.2) is 11.5 Å². The first-order chi connectivity index (χ1) is 7.18. The topological polar surface area (TPSA) is 67.7 Å². The van der Waals surface area contributed by atoms with Crippen molar-refractivity contribution in [1.82, 2.24) is 25.2 Å². The lowest BCUT2D eigenvalue weighted by atomic mass is 10.4. The first kappa shape index (κ1) is 9.85. The van der Waals surface area contributed by atoms with Crippen molar-refractivity contribution in [1.29, 1.82) is 0 Å². The van der Waals surface area contributed by atoms with E-state index in [-0.39, 0.29) is 0 Å². The number of fused-ring (bicyclic) bond motifs is 1. The molecule has 0 aliphatic rings. The number of nitrogens with zero attached hydrogens (tertiary/aromatic N) is 4. The molecule has 0 amide bonds. The molecule has 15 heavy (non-hydrogen) atoms. The van der Waals surface area contributed by atoms with E-state index >= 15 is 0 Å². The van der Waals surface area contributed by atoms with Gasteiger partial charge in [0, 0.05) is 13.1 Å². The molecule has 6 heteroatoms. The third-order valence-corrected chi connectivity index (χ3v) is 2.01. The summed E-state index contributed by atoms with van der Waals surface area (Å²) < 4.78 is 1.72. The van der Waals surface area contributed by atoms with Crippen molar-refractivity contribution in [2.45, 2.75) is 19.9 Å². The van der Waals surface area contributed by atoms with Crippen LogP contribution in [0.25, 0.3) is 11.0 Å². The Hall–Kier alpha value is -1.69. The summed E-state index contributed by atoms with van der Waals surface area (Å²) in [4.78, 5) is 8.30. The van der Waals surface area contributed by atoms with E-state index in [1.807, 2.05) is 7.05 Å². The standard InChI is InChI=1S/C9H14N6/c1-6(2)13-14-8-7-4-12-15(3)9(7)11-5-10-8/h4-6,13H,1-3H3,(H,10,11,14). The highest BCUT2D eigenvalue weighted by Gasteiger charge is 2.06. The van der Waals surface area contributed by atoms with Crippen LogP contribution in [0.15, 0.2) is 12.5 Å². The van der Waals surface area contributed by atoms with E-state index in [2.05, 4.69) is 39.8 Å². The summed E-state index contributed by atoms with van der Waals surface area (Å²) in [5.74, 6) is 0.752. The molecule has 0 bridgehead atoms. The molecule has 2 heterocycles. The minimum absolute atomic E-state index is 0.340. The fourth-order valence-corrected chi connectivity index (χ4v) is 1.27. The Bertz CT molecular complexity index is 461. The second kappa shape index (κ2) is 3.82. The predicted octanol–water partition coefficient (Wildman–Crippen LogP) is 0.688. The molecule has 0 fully saturated rings. The normalized spacial score (nSPS) is 11.2. The van der Waals surface area contributed by atoms with Crippen molar-refractivity contribution < 1.29 is 0 Å². The molecule has 0 unspecified atom stereocenters. The zero-order chi connectivity index (χ0) is 10.8. The molecule has 80 valence electrons. The molecule has 0 aliphatic heterocycles. The number of aryl methyl sites for hydroxylation is 1. The molecule has 2 N–H and O–H groups in total. The molecule has 0 atom stereocenters. The third kappa shape index (κ3) is 1.89. The molecule has 2 aromatic rings. The fraction of sp³-hybridized carbons (Fsp3) is 0.444. The molecule has 0 aliphatic carbocycles. The maximum absolute atomic E-state index is 4.15. The Kier molecular flexibility index (Phi) is 2.51. The summed E-state index contributed by atoms with van der Waals surface area (Å²) in [5, 5.41) is 5.04. The Morgan fingerprint density at radius 2 is 2.13 bits per heavy atom. The number of hydrogen-bond acceptors (Lipinski definition) is 5. The van der Waals surface area contributed by atoms with E-state index in [1.165, 1.54) is 6.33 Å². The van der Waals surface area contributed by atoms with Crippen LogP contribution in [-0.2, 0) is 7.05 Å². The molecule has 0 spiro atoms. The van der Waals surface area contributed by atoms with Crippen molar-refractivity contribution in [3.05, 3.63) is 12.5 Å². The molecular formula is C9H14N6. The van der Waals surface area contributed by atoms with Gasteiger partial charge in [-0.15, -0.1) is 0 Å². The zero-order valence-electron chi connectivity index (χ0n) is 9.02. The van der Waals surface area contributed by atoms with Gasteiger partial charge >= 0.3 is 0 Å². The minimum Gasteiger partial charge on any atom is -0.305 e. The lowest BCUT2D eigenvalue weighted by Crippen LogP contribution is -2.29. The van der Waals surface area contributed by atoms with E-state index in [9.17, 15) is 0 Å². The van der Waals surface area contributed by atoms with Crippen molar-refractivity contribution in [3.8, 4) is 0 Å². The summed E-state index contributed by atoms with van der Waals surface area (Å²) in [6.45, 7) is 4.10. The summed E-state index contributed by atoms with van der Waals surface area (Å²) >= 11 is 0. The summed E-state index contributed by atoms with van der Waals surface area (Å²) in [6.07, 6.45) is 3.27. The van der Waals surface area contributed by atoms with E-state index in [0.29, 0.717) is 6.04 Å². The average molecular weight is 206 g/mol. The van der Waals surface area contributed by atoms with Crippen LogP contribution in [0.2, 0.25) is 0 Å². The zero-order valence-corrected chi connectivity index (χ0v) is 9.02. The van der Waals surface area contributed by atoms with Gasteiger partial charge in [-0.05, 0) is 13.8 Å². The number of rotatable bonds is 3. The van der Waals surface area contributed by atoms with Crippen LogP contribution in [0.3, 0.4) is 0 Å². The molecule has 0 saturated heterocycles. The molecule has 2 aromatic heterocycles. The maximum Gasteiger partial charge on any atom is 0.163 e. The number of aromatic nitrogens is 4. The first-order valence-electron chi connectivity index (χ1n) is 4.82. The molecule has 0 aromatic carbocycles.